The van der Waals surface area contributed by atoms with Crippen molar-refractivity contribution in [2.75, 3.05) is 25.0 Å². The highest BCUT2D eigenvalue weighted by atomic mass is 16.1. The highest BCUT2D eigenvalue weighted by molar-refractivity contribution is 5.81. The van der Waals surface area contributed by atoms with Gasteiger partial charge in [-0.05, 0) is 17.7 Å². The third kappa shape index (κ3) is 2.49. The number of amides is 1. The second kappa shape index (κ2) is 6.19. The summed E-state index contributed by atoms with van der Waals surface area (Å²) in [5, 5.41) is 16.6. The van der Waals surface area contributed by atoms with E-state index in [2.05, 4.69) is 21.5 Å². The van der Waals surface area contributed by atoms with E-state index >= 15 is 0 Å². The fourth-order valence-electron chi connectivity index (χ4n) is 3.70. The molecule has 1 N–H and O–H groups in total. The van der Waals surface area contributed by atoms with Gasteiger partial charge >= 0.3 is 0 Å². The Labute approximate surface area is 150 Å². The van der Waals surface area contributed by atoms with E-state index in [1.165, 1.54) is 0 Å². The summed E-state index contributed by atoms with van der Waals surface area (Å²) in [6.07, 6.45) is 5.58. The Morgan fingerprint density at radius 1 is 1.38 bits per heavy atom. The van der Waals surface area contributed by atoms with Gasteiger partial charge in [0.15, 0.2) is 11.5 Å². The van der Waals surface area contributed by atoms with Crippen LogP contribution in [0.2, 0.25) is 0 Å². The summed E-state index contributed by atoms with van der Waals surface area (Å²) in [5.74, 6) is 0.392. The zero-order valence-corrected chi connectivity index (χ0v) is 14.6. The van der Waals surface area contributed by atoms with Crippen LogP contribution in [0.25, 0.3) is 5.65 Å². The molecule has 1 saturated heterocycles. The maximum Gasteiger partial charge on any atom is 0.225 e. The second-order valence-corrected chi connectivity index (χ2v) is 6.50. The lowest BCUT2D eigenvalue weighted by Crippen LogP contribution is -2.32. The first-order chi connectivity index (χ1) is 12.6. The van der Waals surface area contributed by atoms with Crippen molar-refractivity contribution in [2.45, 2.75) is 5.92 Å². The molecule has 2 atom stereocenters. The number of hydrogen-bond donors (Lipinski definition) is 1. The van der Waals surface area contributed by atoms with Crippen molar-refractivity contribution in [1.82, 2.24) is 24.5 Å². The molecule has 1 amide bonds. The Balaban J connectivity index is 1.75. The molecule has 26 heavy (non-hydrogen) atoms. The fourth-order valence-corrected chi connectivity index (χ4v) is 3.70. The smallest absolute Gasteiger partial charge is 0.225 e. The van der Waals surface area contributed by atoms with Crippen LogP contribution in [0, 0.1) is 17.2 Å². The normalized spacial score (nSPS) is 19.7. The molecular weight excluding hydrogens is 330 g/mol. The number of nitrogens with zero attached hydrogens (tertiary/aromatic N) is 6. The lowest BCUT2D eigenvalue weighted by atomic mass is 9.90. The minimum Gasteiger partial charge on any atom is -0.359 e. The molecule has 4 rings (SSSR count). The SMILES string of the molecule is CNC(=O)[C@H]1CN(c2nc3ccccn3c2C#N)C[C@@H]1c1cnn(C)c1. The largest absolute Gasteiger partial charge is 0.359 e. The molecule has 1 fully saturated rings. The minimum absolute atomic E-state index is 0.00000472. The van der Waals surface area contributed by atoms with Gasteiger partial charge in [-0.15, -0.1) is 0 Å². The highest BCUT2D eigenvalue weighted by Gasteiger charge is 2.40. The van der Waals surface area contributed by atoms with Crippen molar-refractivity contribution < 1.29 is 4.79 Å². The van der Waals surface area contributed by atoms with Crippen LogP contribution in [0.15, 0.2) is 36.8 Å². The van der Waals surface area contributed by atoms with E-state index < -0.39 is 0 Å². The minimum atomic E-state index is -0.222. The van der Waals surface area contributed by atoms with Gasteiger partial charge in [-0.3, -0.25) is 13.9 Å². The van der Waals surface area contributed by atoms with Crippen LogP contribution in [0.3, 0.4) is 0 Å². The first kappa shape index (κ1) is 16.1. The molecule has 3 aromatic heterocycles. The molecule has 0 spiro atoms. The van der Waals surface area contributed by atoms with Gasteiger partial charge in [-0.25, -0.2) is 4.98 Å². The average Bonchev–Trinajstić information content (AvgIpc) is 3.36. The number of nitrogens with one attached hydrogen (secondary N) is 1. The molecule has 8 nitrogen and oxygen atoms in total. The van der Waals surface area contributed by atoms with E-state index in [0.29, 0.717) is 24.6 Å². The van der Waals surface area contributed by atoms with Crippen molar-refractivity contribution in [1.29, 1.82) is 5.26 Å². The van der Waals surface area contributed by atoms with E-state index in [1.54, 1.807) is 22.3 Å². The quantitative estimate of drug-likeness (QED) is 0.759. The Kier molecular flexibility index (Phi) is 3.84. The predicted molar refractivity (Wildman–Crippen MR) is 95.6 cm³/mol. The maximum absolute atomic E-state index is 12.5. The van der Waals surface area contributed by atoms with E-state index in [0.717, 1.165) is 11.2 Å². The lowest BCUT2D eigenvalue weighted by molar-refractivity contribution is -0.124. The number of carbonyl (C=O) groups excluding carboxylic acids is 1. The van der Waals surface area contributed by atoms with Crippen molar-refractivity contribution in [3.63, 3.8) is 0 Å². The second-order valence-electron chi connectivity index (χ2n) is 6.50. The number of rotatable bonds is 3. The summed E-state index contributed by atoms with van der Waals surface area (Å²) < 4.78 is 3.52. The van der Waals surface area contributed by atoms with Crippen molar-refractivity contribution in [2.24, 2.45) is 13.0 Å². The third-order valence-corrected chi connectivity index (χ3v) is 4.97. The average molecular weight is 349 g/mol. The first-order valence-corrected chi connectivity index (χ1v) is 8.44. The first-order valence-electron chi connectivity index (χ1n) is 8.44. The third-order valence-electron chi connectivity index (χ3n) is 4.97. The van der Waals surface area contributed by atoms with Gasteiger partial charge < -0.3 is 10.2 Å². The van der Waals surface area contributed by atoms with Crippen LogP contribution < -0.4 is 10.2 Å². The van der Waals surface area contributed by atoms with Gasteiger partial charge in [0.25, 0.3) is 0 Å². The summed E-state index contributed by atoms with van der Waals surface area (Å²) in [7, 11) is 3.51. The molecule has 3 aromatic rings. The summed E-state index contributed by atoms with van der Waals surface area (Å²) in [5.41, 5.74) is 2.23. The zero-order chi connectivity index (χ0) is 18.3. The highest BCUT2D eigenvalue weighted by Crippen LogP contribution is 2.36. The van der Waals surface area contributed by atoms with E-state index in [-0.39, 0.29) is 17.7 Å². The van der Waals surface area contributed by atoms with Crippen molar-refractivity contribution in [3.05, 3.63) is 48.0 Å². The number of hydrogen-bond acceptors (Lipinski definition) is 5. The number of pyridine rings is 1. The van der Waals surface area contributed by atoms with Gasteiger partial charge in [0.1, 0.15) is 11.7 Å². The number of aromatic nitrogens is 4. The maximum atomic E-state index is 12.5. The summed E-state index contributed by atoms with van der Waals surface area (Å²) >= 11 is 0. The summed E-state index contributed by atoms with van der Waals surface area (Å²) in [6, 6.07) is 7.89. The molecule has 1 aliphatic rings. The van der Waals surface area contributed by atoms with E-state index in [4.69, 9.17) is 0 Å². The van der Waals surface area contributed by atoms with Gasteiger partial charge in [-0.2, -0.15) is 10.4 Å². The summed E-state index contributed by atoms with van der Waals surface area (Å²) in [6.45, 7) is 1.13. The van der Waals surface area contributed by atoms with Crippen LogP contribution in [-0.2, 0) is 11.8 Å². The standard InChI is InChI=1S/C18H19N7O/c1-20-18(26)14-11-24(10-13(14)12-8-21-23(2)9-12)17-15(7-19)25-6-4-3-5-16(25)22-17/h3-6,8-9,13-14H,10-11H2,1-2H3,(H,20,26)/t13-,14+/m1/s1. The van der Waals surface area contributed by atoms with Crippen molar-refractivity contribution >= 4 is 17.4 Å². The van der Waals surface area contributed by atoms with Crippen LogP contribution in [0.1, 0.15) is 17.2 Å². The molecule has 0 radical (unpaired) electrons. The number of aryl methyl sites for hydroxylation is 1. The van der Waals surface area contributed by atoms with Gasteiger partial charge in [-0.1, -0.05) is 6.07 Å². The zero-order valence-electron chi connectivity index (χ0n) is 14.6. The molecule has 0 aromatic carbocycles. The Morgan fingerprint density at radius 3 is 2.92 bits per heavy atom. The molecule has 0 saturated carbocycles. The number of carbonyl (C=O) groups is 1. The van der Waals surface area contributed by atoms with Crippen LogP contribution in [0.4, 0.5) is 5.82 Å². The predicted octanol–water partition coefficient (Wildman–Crippen LogP) is 0.905. The number of anilines is 1. The number of nitriles is 1. The fraction of sp³-hybridized carbons (Fsp3) is 0.333. The van der Waals surface area contributed by atoms with Gasteiger partial charge in [0.2, 0.25) is 5.91 Å². The molecule has 1 aliphatic heterocycles. The van der Waals surface area contributed by atoms with E-state index in [9.17, 15) is 10.1 Å². The van der Waals surface area contributed by atoms with Crippen LogP contribution >= 0.6 is 0 Å². The van der Waals surface area contributed by atoms with Crippen molar-refractivity contribution in [3.8, 4) is 6.07 Å². The van der Waals surface area contributed by atoms with Crippen LogP contribution in [-0.4, -0.2) is 45.2 Å². The molecular formula is C18H19N7O. The molecule has 4 heterocycles. The molecule has 0 unspecified atom stereocenters. The molecule has 0 bridgehead atoms. The lowest BCUT2D eigenvalue weighted by Gasteiger charge is -2.15. The van der Waals surface area contributed by atoms with E-state index in [1.807, 2.05) is 42.5 Å². The number of fused-ring (bicyclic) bond motifs is 1. The van der Waals surface area contributed by atoms with Gasteiger partial charge in [0.05, 0.1) is 12.1 Å². The molecule has 8 heteroatoms. The Bertz CT molecular complexity index is 1010. The topological polar surface area (TPSA) is 91.2 Å². The molecule has 132 valence electrons. The Hall–Kier alpha value is -3.34. The molecule has 0 aliphatic carbocycles. The van der Waals surface area contributed by atoms with Gasteiger partial charge in [0, 0.05) is 45.5 Å². The number of imidazole rings is 1. The van der Waals surface area contributed by atoms with Crippen LogP contribution in [0.5, 0.6) is 0 Å². The summed E-state index contributed by atoms with van der Waals surface area (Å²) in [4.78, 5) is 19.1. The monoisotopic (exact) mass is 349 g/mol. The Morgan fingerprint density at radius 2 is 2.23 bits per heavy atom.